The van der Waals surface area contributed by atoms with Crippen molar-refractivity contribution in [1.29, 1.82) is 0 Å². The lowest BCUT2D eigenvalue weighted by Crippen LogP contribution is -2.32. The van der Waals surface area contributed by atoms with Crippen LogP contribution < -0.4 is 11.1 Å². The molecule has 17 heavy (non-hydrogen) atoms. The van der Waals surface area contributed by atoms with E-state index in [1.54, 1.807) is 11.8 Å². The number of hydrogen-bond acceptors (Lipinski definition) is 3. The zero-order valence-electron chi connectivity index (χ0n) is 9.89. The van der Waals surface area contributed by atoms with Crippen molar-refractivity contribution in [2.75, 3.05) is 18.8 Å². The quantitative estimate of drug-likeness (QED) is 0.779. The van der Waals surface area contributed by atoms with Crippen LogP contribution in [0.2, 0.25) is 0 Å². The summed E-state index contributed by atoms with van der Waals surface area (Å²) in [6, 6.07) is 9.90. The second kappa shape index (κ2) is 9.33. The van der Waals surface area contributed by atoms with Crippen LogP contribution in [0.4, 0.5) is 0 Å². The summed E-state index contributed by atoms with van der Waals surface area (Å²) in [7, 11) is 0. The molecule has 0 saturated carbocycles. The van der Waals surface area contributed by atoms with Gasteiger partial charge >= 0.3 is 0 Å². The van der Waals surface area contributed by atoms with E-state index in [9.17, 15) is 4.79 Å². The van der Waals surface area contributed by atoms with Gasteiger partial charge in [-0.05, 0) is 24.6 Å². The molecule has 3 nitrogen and oxygen atoms in total. The average molecular weight is 275 g/mol. The van der Waals surface area contributed by atoms with Gasteiger partial charge in [-0.15, -0.1) is 24.2 Å². The molecule has 0 aromatic heterocycles. The molecule has 1 amide bonds. The maximum atomic E-state index is 11.5. The Balaban J connectivity index is 0.00000256. The van der Waals surface area contributed by atoms with E-state index in [4.69, 9.17) is 5.73 Å². The fourth-order valence-corrected chi connectivity index (χ4v) is 1.84. The van der Waals surface area contributed by atoms with E-state index in [-0.39, 0.29) is 18.3 Å². The topological polar surface area (TPSA) is 55.1 Å². The third-order valence-electron chi connectivity index (χ3n) is 2.16. The Bertz CT molecular complexity index is 322. The summed E-state index contributed by atoms with van der Waals surface area (Å²) in [4.78, 5) is 12.6. The number of carbonyl (C=O) groups excluding carboxylic acids is 1. The van der Waals surface area contributed by atoms with Crippen molar-refractivity contribution >= 4 is 30.1 Å². The summed E-state index contributed by atoms with van der Waals surface area (Å²) in [6.45, 7) is 3.28. The third kappa shape index (κ3) is 7.26. The molecule has 0 heterocycles. The monoisotopic (exact) mass is 274 g/mol. The summed E-state index contributed by atoms with van der Waals surface area (Å²) in [6.07, 6.45) is 0. The number of halogens is 1. The molecule has 0 radical (unpaired) electrons. The van der Waals surface area contributed by atoms with Gasteiger partial charge in [-0.1, -0.05) is 25.1 Å². The van der Waals surface area contributed by atoms with Crippen molar-refractivity contribution in [2.24, 2.45) is 11.7 Å². The van der Waals surface area contributed by atoms with Crippen LogP contribution in [0, 0.1) is 5.92 Å². The summed E-state index contributed by atoms with van der Waals surface area (Å²) >= 11 is 1.54. The highest BCUT2D eigenvalue weighted by molar-refractivity contribution is 8.00. The predicted molar refractivity (Wildman–Crippen MR) is 75.6 cm³/mol. The second-order valence-corrected chi connectivity index (χ2v) is 4.80. The molecule has 1 rings (SSSR count). The molecule has 0 spiro atoms. The molecule has 0 fully saturated rings. The molecule has 1 aromatic rings. The largest absolute Gasteiger partial charge is 0.355 e. The number of hydrogen-bond donors (Lipinski definition) is 2. The highest BCUT2D eigenvalue weighted by Crippen LogP contribution is 2.16. The highest BCUT2D eigenvalue weighted by atomic mass is 35.5. The SMILES string of the molecule is CC(CN)CNC(=O)CSc1ccccc1.Cl. The molecular weight excluding hydrogens is 256 g/mol. The molecule has 5 heteroatoms. The highest BCUT2D eigenvalue weighted by Gasteiger charge is 2.04. The molecule has 96 valence electrons. The first-order valence-electron chi connectivity index (χ1n) is 5.37. The first-order chi connectivity index (χ1) is 7.72. The minimum Gasteiger partial charge on any atom is -0.355 e. The fourth-order valence-electron chi connectivity index (χ4n) is 1.09. The van der Waals surface area contributed by atoms with E-state index in [0.29, 0.717) is 24.8 Å². The number of nitrogens with two attached hydrogens (primary N) is 1. The molecule has 0 aliphatic heterocycles. The Morgan fingerprint density at radius 3 is 2.65 bits per heavy atom. The van der Waals surface area contributed by atoms with Crippen LogP contribution in [-0.4, -0.2) is 24.7 Å². The maximum absolute atomic E-state index is 11.5. The predicted octanol–water partition coefficient (Wildman–Crippen LogP) is 1.91. The third-order valence-corrected chi connectivity index (χ3v) is 3.18. The Morgan fingerprint density at radius 2 is 2.06 bits per heavy atom. The van der Waals surface area contributed by atoms with Crippen LogP contribution >= 0.6 is 24.2 Å². The van der Waals surface area contributed by atoms with Crippen molar-refractivity contribution in [1.82, 2.24) is 5.32 Å². The number of benzene rings is 1. The van der Waals surface area contributed by atoms with Crippen LogP contribution in [-0.2, 0) is 4.79 Å². The lowest BCUT2D eigenvalue weighted by atomic mass is 10.2. The summed E-state index contributed by atoms with van der Waals surface area (Å²) in [5.41, 5.74) is 5.47. The Hall–Kier alpha value is -0.710. The van der Waals surface area contributed by atoms with Crippen LogP contribution in [0.15, 0.2) is 35.2 Å². The molecule has 1 unspecified atom stereocenters. The Kier molecular flexibility index (Phi) is 8.94. The minimum absolute atomic E-state index is 0. The van der Waals surface area contributed by atoms with Crippen molar-refractivity contribution in [2.45, 2.75) is 11.8 Å². The van der Waals surface area contributed by atoms with E-state index >= 15 is 0 Å². The molecule has 3 N–H and O–H groups in total. The Morgan fingerprint density at radius 1 is 1.41 bits per heavy atom. The van der Waals surface area contributed by atoms with Crippen molar-refractivity contribution in [3.8, 4) is 0 Å². The van der Waals surface area contributed by atoms with E-state index in [1.165, 1.54) is 0 Å². The van der Waals surface area contributed by atoms with Gasteiger partial charge in [0.1, 0.15) is 0 Å². The molecule has 0 bridgehead atoms. The van der Waals surface area contributed by atoms with Crippen molar-refractivity contribution in [3.63, 3.8) is 0 Å². The molecule has 1 atom stereocenters. The van der Waals surface area contributed by atoms with Gasteiger partial charge in [0.2, 0.25) is 5.91 Å². The molecule has 0 aliphatic rings. The van der Waals surface area contributed by atoms with E-state index in [1.807, 2.05) is 37.3 Å². The normalized spacial score (nSPS) is 11.4. The Labute approximate surface area is 113 Å². The van der Waals surface area contributed by atoms with Gasteiger partial charge in [-0.2, -0.15) is 0 Å². The number of carbonyl (C=O) groups is 1. The van der Waals surface area contributed by atoms with Crippen molar-refractivity contribution < 1.29 is 4.79 Å². The van der Waals surface area contributed by atoms with Gasteiger partial charge in [0.05, 0.1) is 5.75 Å². The van der Waals surface area contributed by atoms with Crippen LogP contribution in [0.1, 0.15) is 6.92 Å². The van der Waals surface area contributed by atoms with Crippen LogP contribution in [0.3, 0.4) is 0 Å². The van der Waals surface area contributed by atoms with E-state index < -0.39 is 0 Å². The average Bonchev–Trinajstić information content (AvgIpc) is 2.34. The summed E-state index contributed by atoms with van der Waals surface area (Å²) in [5.74, 6) is 0.862. The number of nitrogens with one attached hydrogen (secondary N) is 1. The first kappa shape index (κ1) is 16.3. The lowest BCUT2D eigenvalue weighted by Gasteiger charge is -2.09. The summed E-state index contributed by atoms with van der Waals surface area (Å²) < 4.78 is 0. The number of amides is 1. The fraction of sp³-hybridized carbons (Fsp3) is 0.417. The molecule has 0 aliphatic carbocycles. The number of thioether (sulfide) groups is 1. The van der Waals surface area contributed by atoms with Gasteiger partial charge in [0.25, 0.3) is 0 Å². The lowest BCUT2D eigenvalue weighted by molar-refractivity contribution is -0.118. The summed E-state index contributed by atoms with van der Waals surface area (Å²) in [5, 5.41) is 2.86. The molecular formula is C12H19ClN2OS. The van der Waals surface area contributed by atoms with Gasteiger partial charge < -0.3 is 11.1 Å². The van der Waals surface area contributed by atoms with E-state index in [0.717, 1.165) is 4.90 Å². The minimum atomic E-state index is 0. The zero-order chi connectivity index (χ0) is 11.8. The zero-order valence-corrected chi connectivity index (χ0v) is 11.5. The van der Waals surface area contributed by atoms with Crippen LogP contribution in [0.25, 0.3) is 0 Å². The van der Waals surface area contributed by atoms with Gasteiger partial charge in [0.15, 0.2) is 0 Å². The second-order valence-electron chi connectivity index (χ2n) is 3.75. The molecule has 1 aromatic carbocycles. The van der Waals surface area contributed by atoms with Gasteiger partial charge in [-0.3, -0.25) is 4.79 Å². The van der Waals surface area contributed by atoms with Crippen LogP contribution in [0.5, 0.6) is 0 Å². The van der Waals surface area contributed by atoms with Crippen molar-refractivity contribution in [3.05, 3.63) is 30.3 Å². The van der Waals surface area contributed by atoms with Gasteiger partial charge in [0, 0.05) is 11.4 Å². The maximum Gasteiger partial charge on any atom is 0.230 e. The van der Waals surface area contributed by atoms with Gasteiger partial charge in [-0.25, -0.2) is 0 Å². The number of rotatable bonds is 6. The van der Waals surface area contributed by atoms with E-state index in [2.05, 4.69) is 5.32 Å². The first-order valence-corrected chi connectivity index (χ1v) is 6.35. The molecule has 0 saturated heterocycles. The standard InChI is InChI=1S/C12H18N2OS.ClH/c1-10(7-13)8-14-12(15)9-16-11-5-3-2-4-6-11;/h2-6,10H,7-9,13H2,1H3,(H,14,15);1H. The smallest absolute Gasteiger partial charge is 0.230 e.